The fourth-order valence-corrected chi connectivity index (χ4v) is 6.19. The molecule has 0 aliphatic carbocycles. The number of para-hydroxylation sites is 1. The van der Waals surface area contributed by atoms with E-state index in [4.69, 9.17) is 26.3 Å². The van der Waals surface area contributed by atoms with Crippen molar-refractivity contribution < 1.29 is 4.74 Å². The number of hydrogen-bond donors (Lipinski definition) is 0. The van der Waals surface area contributed by atoms with Gasteiger partial charge in [-0.3, -0.25) is 4.98 Å². The first-order valence-electron chi connectivity index (χ1n) is 12.0. The van der Waals surface area contributed by atoms with Crippen LogP contribution in [0.3, 0.4) is 0 Å². The van der Waals surface area contributed by atoms with Gasteiger partial charge < -0.3 is 9.64 Å². The van der Waals surface area contributed by atoms with Crippen LogP contribution in [0.15, 0.2) is 107 Å². The van der Waals surface area contributed by atoms with Crippen LogP contribution in [-0.4, -0.2) is 15.0 Å². The van der Waals surface area contributed by atoms with Gasteiger partial charge in [-0.2, -0.15) is 0 Å². The number of thiazole rings is 1. The number of allylic oxidation sites excluding steroid dienone is 1. The Balaban J connectivity index is 1.43. The number of aromatic nitrogens is 3. The van der Waals surface area contributed by atoms with E-state index in [1.807, 2.05) is 79.7 Å². The minimum atomic E-state index is 0.269. The number of hydrogen-bond acceptors (Lipinski definition) is 7. The molecule has 5 nitrogen and oxygen atoms in total. The molecule has 190 valence electrons. The van der Waals surface area contributed by atoms with Gasteiger partial charge in [0.2, 0.25) is 0 Å². The topological polar surface area (TPSA) is 51.1 Å². The maximum Gasteiger partial charge on any atom is 0.155 e. The number of halogens is 1. The van der Waals surface area contributed by atoms with Crippen molar-refractivity contribution in [2.75, 3.05) is 4.90 Å². The molecule has 3 heterocycles. The Morgan fingerprint density at radius 2 is 1.95 bits per heavy atom. The zero-order valence-corrected chi connectivity index (χ0v) is 23.4. The van der Waals surface area contributed by atoms with Crippen LogP contribution in [-0.2, 0) is 6.61 Å². The molecule has 0 atom stereocenters. The van der Waals surface area contributed by atoms with Crippen LogP contribution >= 0.6 is 34.7 Å². The van der Waals surface area contributed by atoms with Crippen molar-refractivity contribution in [2.24, 2.45) is 0 Å². The van der Waals surface area contributed by atoms with Crippen molar-refractivity contribution in [3.05, 3.63) is 114 Å². The number of anilines is 1. The number of rotatable bonds is 9. The van der Waals surface area contributed by atoms with Gasteiger partial charge in [0.25, 0.3) is 0 Å². The van der Waals surface area contributed by atoms with Gasteiger partial charge in [-0.15, -0.1) is 11.3 Å². The summed E-state index contributed by atoms with van der Waals surface area (Å²) < 4.78 is 7.27. The molecule has 38 heavy (non-hydrogen) atoms. The lowest BCUT2D eigenvalue weighted by molar-refractivity contribution is 0.306. The summed E-state index contributed by atoms with van der Waals surface area (Å²) in [6.07, 6.45) is 9.17. The van der Waals surface area contributed by atoms with Gasteiger partial charge in [0.1, 0.15) is 17.9 Å². The van der Waals surface area contributed by atoms with E-state index in [9.17, 15) is 0 Å². The Hall–Kier alpha value is -3.65. The molecule has 2 aromatic carbocycles. The zero-order chi connectivity index (χ0) is 26.5. The maximum atomic E-state index is 6.61. The van der Waals surface area contributed by atoms with Crippen LogP contribution in [0.2, 0.25) is 5.02 Å². The molecular weight excluding hydrogens is 532 g/mol. The van der Waals surface area contributed by atoms with Gasteiger partial charge in [0.05, 0.1) is 16.4 Å². The number of pyridine rings is 2. The summed E-state index contributed by atoms with van der Waals surface area (Å²) in [5, 5.41) is 3.58. The van der Waals surface area contributed by atoms with Crippen molar-refractivity contribution in [2.45, 2.75) is 29.7 Å². The van der Waals surface area contributed by atoms with Gasteiger partial charge in [-0.05, 0) is 26.0 Å². The second-order valence-corrected chi connectivity index (χ2v) is 10.9. The van der Waals surface area contributed by atoms with E-state index in [2.05, 4.69) is 29.1 Å². The maximum absolute atomic E-state index is 6.61. The van der Waals surface area contributed by atoms with Crippen LogP contribution in [0.4, 0.5) is 5.69 Å². The van der Waals surface area contributed by atoms with Crippen molar-refractivity contribution in [1.82, 2.24) is 15.0 Å². The molecule has 3 aromatic heterocycles. The average Bonchev–Trinajstić information content (AvgIpc) is 3.40. The van der Waals surface area contributed by atoms with E-state index in [1.54, 1.807) is 23.7 Å². The van der Waals surface area contributed by atoms with Crippen LogP contribution in [0.5, 0.6) is 5.75 Å². The summed E-state index contributed by atoms with van der Waals surface area (Å²) in [7, 11) is 0. The third kappa shape index (κ3) is 5.60. The molecule has 0 saturated carbocycles. The Morgan fingerprint density at radius 1 is 1.11 bits per heavy atom. The Morgan fingerprint density at radius 3 is 2.74 bits per heavy atom. The van der Waals surface area contributed by atoms with E-state index >= 15 is 0 Å². The first-order chi connectivity index (χ1) is 18.6. The van der Waals surface area contributed by atoms with Crippen molar-refractivity contribution >= 4 is 51.3 Å². The molecule has 0 bridgehead atoms. The monoisotopic (exact) mass is 556 g/mol. The summed E-state index contributed by atoms with van der Waals surface area (Å²) in [6, 6.07) is 18.1. The standard InChI is InChI=1S/C30H25ClN4OS2/c1-4-14-35(5-2)26-15-20(3)33-29-22(26)12-9-13-27(29)36-18-23-24(31)16-32-17-28(23)38-30-34-25(19-37-30)21-10-7-6-8-11-21/h4-17,19H,2,18H2,1,3H3/b14-4-. The fourth-order valence-electron chi connectivity index (χ4n) is 4.02. The smallest absolute Gasteiger partial charge is 0.155 e. The van der Waals surface area contributed by atoms with Gasteiger partial charge >= 0.3 is 0 Å². The molecule has 5 aromatic rings. The molecule has 0 N–H and O–H groups in total. The average molecular weight is 557 g/mol. The van der Waals surface area contributed by atoms with E-state index in [1.165, 1.54) is 11.8 Å². The minimum absolute atomic E-state index is 0.269. The van der Waals surface area contributed by atoms with Gasteiger partial charge in [-0.25, -0.2) is 9.97 Å². The van der Waals surface area contributed by atoms with Crippen molar-refractivity contribution in [3.63, 3.8) is 0 Å². The van der Waals surface area contributed by atoms with Crippen molar-refractivity contribution in [1.29, 1.82) is 0 Å². The van der Waals surface area contributed by atoms with Crippen LogP contribution in [0, 0.1) is 6.92 Å². The molecule has 8 heteroatoms. The molecule has 0 spiro atoms. The SMILES string of the molecule is C=CN(/C=C\C)c1cc(C)nc2c(OCc3c(Cl)cncc3Sc3nc(-c4ccccc4)cs3)cccc12. The van der Waals surface area contributed by atoms with E-state index in [0.29, 0.717) is 10.8 Å². The lowest BCUT2D eigenvalue weighted by atomic mass is 10.1. The van der Waals surface area contributed by atoms with Crippen molar-refractivity contribution in [3.8, 4) is 17.0 Å². The van der Waals surface area contributed by atoms with Gasteiger partial charge in [0.15, 0.2) is 4.34 Å². The Kier molecular flexibility index (Phi) is 8.08. The number of ether oxygens (including phenoxy) is 1. The fraction of sp³-hybridized carbons (Fsp3) is 0.100. The summed E-state index contributed by atoms with van der Waals surface area (Å²) in [4.78, 5) is 16.8. The second kappa shape index (κ2) is 11.8. The van der Waals surface area contributed by atoms with Crippen LogP contribution in [0.1, 0.15) is 18.2 Å². The number of benzene rings is 2. The molecule has 0 aliphatic heterocycles. The number of nitrogens with zero attached hydrogens (tertiary/aromatic N) is 4. The summed E-state index contributed by atoms with van der Waals surface area (Å²) in [5.41, 5.74) is 5.55. The largest absolute Gasteiger partial charge is 0.487 e. The lowest BCUT2D eigenvalue weighted by Gasteiger charge is -2.19. The predicted octanol–water partition coefficient (Wildman–Crippen LogP) is 8.93. The molecule has 0 aliphatic rings. The summed E-state index contributed by atoms with van der Waals surface area (Å²) in [5.74, 6) is 0.682. The Labute approximate surface area is 235 Å². The molecule has 5 rings (SSSR count). The molecule has 0 radical (unpaired) electrons. The quantitative estimate of drug-likeness (QED) is 0.181. The highest BCUT2D eigenvalue weighted by Gasteiger charge is 2.16. The highest BCUT2D eigenvalue weighted by atomic mass is 35.5. The predicted molar refractivity (Wildman–Crippen MR) is 159 cm³/mol. The molecule has 0 amide bonds. The normalized spacial score (nSPS) is 11.2. The van der Waals surface area contributed by atoms with Gasteiger partial charge in [-0.1, -0.05) is 78.5 Å². The summed E-state index contributed by atoms with van der Waals surface area (Å²) in [6.45, 7) is 8.18. The highest BCUT2D eigenvalue weighted by Crippen LogP contribution is 2.38. The van der Waals surface area contributed by atoms with Crippen LogP contribution < -0.4 is 9.64 Å². The Bertz CT molecular complexity index is 1620. The molecular formula is C30H25ClN4OS2. The van der Waals surface area contributed by atoms with E-state index in [-0.39, 0.29) is 6.61 Å². The highest BCUT2D eigenvalue weighted by molar-refractivity contribution is 8.01. The first kappa shape index (κ1) is 26.0. The number of aryl methyl sites for hydroxylation is 1. The second-order valence-electron chi connectivity index (χ2n) is 8.36. The third-order valence-corrected chi connectivity index (χ3v) is 8.12. The zero-order valence-electron chi connectivity index (χ0n) is 21.0. The summed E-state index contributed by atoms with van der Waals surface area (Å²) >= 11 is 9.75. The molecule has 0 saturated heterocycles. The third-order valence-electron chi connectivity index (χ3n) is 5.78. The lowest BCUT2D eigenvalue weighted by Crippen LogP contribution is -2.08. The van der Waals surface area contributed by atoms with Gasteiger partial charge in [0, 0.05) is 57.3 Å². The first-order valence-corrected chi connectivity index (χ1v) is 14.0. The van der Waals surface area contributed by atoms with Crippen LogP contribution in [0.25, 0.3) is 22.2 Å². The minimum Gasteiger partial charge on any atom is -0.487 e. The van der Waals surface area contributed by atoms with E-state index < -0.39 is 0 Å². The molecule has 0 fully saturated rings. The molecule has 0 unspecified atom stereocenters. The number of fused-ring (bicyclic) bond motifs is 1. The van der Waals surface area contributed by atoms with E-state index in [0.717, 1.165) is 48.3 Å².